The van der Waals surface area contributed by atoms with Crippen LogP contribution in [0.1, 0.15) is 6.42 Å². The van der Waals surface area contributed by atoms with Gasteiger partial charge in [0.15, 0.2) is 0 Å². The van der Waals surface area contributed by atoms with Gasteiger partial charge in [0.2, 0.25) is 5.91 Å². The number of ether oxygens (including phenoxy) is 2. The lowest BCUT2D eigenvalue weighted by Gasteiger charge is -2.26. The number of nitrogens with zero attached hydrogens (tertiary/aromatic N) is 1. The number of carbonyl (C=O) groups excluding carboxylic acids is 1. The van der Waals surface area contributed by atoms with E-state index in [4.69, 9.17) is 9.47 Å². The van der Waals surface area contributed by atoms with E-state index in [0.717, 1.165) is 56.5 Å². The van der Waals surface area contributed by atoms with Crippen molar-refractivity contribution in [2.45, 2.75) is 11.3 Å². The molecule has 0 aliphatic carbocycles. The van der Waals surface area contributed by atoms with Crippen LogP contribution >= 0.6 is 11.8 Å². The van der Waals surface area contributed by atoms with Gasteiger partial charge in [-0.15, -0.1) is 11.8 Å². The topological polar surface area (TPSA) is 50.8 Å². The molecule has 1 aromatic rings. The van der Waals surface area contributed by atoms with Crippen molar-refractivity contribution >= 4 is 17.7 Å². The lowest BCUT2D eigenvalue weighted by Crippen LogP contribution is -2.38. The minimum Gasteiger partial charge on any atom is -0.497 e. The fourth-order valence-corrected chi connectivity index (χ4v) is 2.96. The highest BCUT2D eigenvalue weighted by Crippen LogP contribution is 2.20. The summed E-state index contributed by atoms with van der Waals surface area (Å²) in [5, 5.41) is 2.97. The molecule has 0 radical (unpaired) electrons. The van der Waals surface area contributed by atoms with Gasteiger partial charge in [0.05, 0.1) is 26.1 Å². The molecule has 6 heteroatoms. The standard InChI is InChI=1S/C16H24N2O3S/c1-20-14-3-5-15(6-4-14)22-13-16(19)17-7-2-8-18-9-11-21-12-10-18/h3-6H,2,7-13H2,1H3,(H,17,19). The Morgan fingerprint density at radius 1 is 1.32 bits per heavy atom. The van der Waals surface area contributed by atoms with E-state index in [-0.39, 0.29) is 5.91 Å². The molecule has 1 saturated heterocycles. The number of nitrogens with one attached hydrogen (secondary N) is 1. The van der Waals surface area contributed by atoms with Crippen LogP contribution in [0, 0.1) is 0 Å². The Hall–Kier alpha value is -1.24. The number of amides is 1. The number of benzene rings is 1. The van der Waals surface area contributed by atoms with E-state index >= 15 is 0 Å². The van der Waals surface area contributed by atoms with E-state index in [1.54, 1.807) is 7.11 Å². The zero-order chi connectivity index (χ0) is 15.6. The summed E-state index contributed by atoms with van der Waals surface area (Å²) in [5.74, 6) is 1.36. The molecule has 1 N–H and O–H groups in total. The summed E-state index contributed by atoms with van der Waals surface area (Å²) < 4.78 is 10.4. The molecule has 1 aliphatic heterocycles. The Morgan fingerprint density at radius 3 is 2.73 bits per heavy atom. The molecule has 2 rings (SSSR count). The number of hydrogen-bond acceptors (Lipinski definition) is 5. The van der Waals surface area contributed by atoms with E-state index in [2.05, 4.69) is 10.2 Å². The summed E-state index contributed by atoms with van der Waals surface area (Å²) in [4.78, 5) is 15.3. The van der Waals surface area contributed by atoms with Crippen molar-refractivity contribution in [2.75, 3.05) is 52.3 Å². The summed E-state index contributed by atoms with van der Waals surface area (Å²) >= 11 is 1.54. The lowest BCUT2D eigenvalue weighted by molar-refractivity contribution is -0.118. The van der Waals surface area contributed by atoms with Crippen molar-refractivity contribution in [3.8, 4) is 5.75 Å². The Balaban J connectivity index is 1.55. The number of thioether (sulfide) groups is 1. The maximum absolute atomic E-state index is 11.8. The van der Waals surface area contributed by atoms with Crippen molar-refractivity contribution in [3.05, 3.63) is 24.3 Å². The van der Waals surface area contributed by atoms with E-state index in [1.165, 1.54) is 11.8 Å². The molecule has 0 atom stereocenters. The Morgan fingerprint density at radius 2 is 2.05 bits per heavy atom. The highest BCUT2D eigenvalue weighted by atomic mass is 32.2. The second kappa shape index (κ2) is 9.71. The van der Waals surface area contributed by atoms with E-state index in [9.17, 15) is 4.79 Å². The second-order valence-corrected chi connectivity index (χ2v) is 6.17. The molecule has 5 nitrogen and oxygen atoms in total. The van der Waals surface area contributed by atoms with Gasteiger partial charge in [-0.05, 0) is 37.2 Å². The summed E-state index contributed by atoms with van der Waals surface area (Å²) in [6.45, 7) is 5.41. The molecule has 1 aliphatic rings. The third-order valence-electron chi connectivity index (χ3n) is 3.51. The minimum atomic E-state index is 0.0859. The van der Waals surface area contributed by atoms with Crippen LogP contribution in [-0.4, -0.2) is 63.1 Å². The molecule has 0 unspecified atom stereocenters. The van der Waals surface area contributed by atoms with Gasteiger partial charge in [-0.3, -0.25) is 9.69 Å². The van der Waals surface area contributed by atoms with Crippen molar-refractivity contribution in [2.24, 2.45) is 0 Å². The van der Waals surface area contributed by atoms with Gasteiger partial charge >= 0.3 is 0 Å². The largest absolute Gasteiger partial charge is 0.497 e. The molecule has 1 aromatic carbocycles. The first-order valence-corrected chi connectivity index (χ1v) is 8.60. The third-order valence-corrected chi connectivity index (χ3v) is 4.52. The van der Waals surface area contributed by atoms with Crippen molar-refractivity contribution in [3.63, 3.8) is 0 Å². The molecule has 0 saturated carbocycles. The summed E-state index contributed by atoms with van der Waals surface area (Å²) in [6, 6.07) is 7.75. The van der Waals surface area contributed by atoms with E-state index < -0.39 is 0 Å². The maximum Gasteiger partial charge on any atom is 0.230 e. The van der Waals surface area contributed by atoms with Crippen LogP contribution in [0.15, 0.2) is 29.2 Å². The van der Waals surface area contributed by atoms with Crippen molar-refractivity contribution < 1.29 is 14.3 Å². The Bertz CT molecular complexity index is 447. The van der Waals surface area contributed by atoms with Gasteiger partial charge in [0, 0.05) is 24.5 Å². The average Bonchev–Trinajstić information content (AvgIpc) is 2.58. The molecule has 0 bridgehead atoms. The van der Waals surface area contributed by atoms with Crippen LogP contribution in [0.3, 0.4) is 0 Å². The Labute approximate surface area is 136 Å². The van der Waals surface area contributed by atoms with Crippen molar-refractivity contribution in [1.29, 1.82) is 0 Å². The monoisotopic (exact) mass is 324 g/mol. The van der Waals surface area contributed by atoms with Gasteiger partial charge in [0.1, 0.15) is 5.75 Å². The van der Waals surface area contributed by atoms with Gasteiger partial charge in [-0.25, -0.2) is 0 Å². The van der Waals surface area contributed by atoms with Crippen LogP contribution in [0.2, 0.25) is 0 Å². The average molecular weight is 324 g/mol. The maximum atomic E-state index is 11.8. The minimum absolute atomic E-state index is 0.0859. The zero-order valence-electron chi connectivity index (χ0n) is 13.0. The van der Waals surface area contributed by atoms with Gasteiger partial charge in [-0.1, -0.05) is 0 Å². The predicted octanol–water partition coefficient (Wildman–Crippen LogP) is 1.63. The first-order chi connectivity index (χ1) is 10.8. The molecule has 1 amide bonds. The highest BCUT2D eigenvalue weighted by Gasteiger charge is 2.09. The van der Waals surface area contributed by atoms with Crippen LogP contribution in [0.5, 0.6) is 5.75 Å². The molecule has 0 spiro atoms. The molecular weight excluding hydrogens is 300 g/mol. The number of carbonyl (C=O) groups is 1. The first-order valence-electron chi connectivity index (χ1n) is 7.61. The van der Waals surface area contributed by atoms with Crippen molar-refractivity contribution in [1.82, 2.24) is 10.2 Å². The predicted molar refractivity (Wildman–Crippen MR) is 88.6 cm³/mol. The third kappa shape index (κ3) is 6.25. The van der Waals surface area contributed by atoms with E-state index in [1.807, 2.05) is 24.3 Å². The molecule has 1 fully saturated rings. The first kappa shape index (κ1) is 17.1. The SMILES string of the molecule is COc1ccc(SCC(=O)NCCCN2CCOCC2)cc1. The Kier molecular flexibility index (Phi) is 7.56. The van der Waals surface area contributed by atoms with Crippen LogP contribution in [-0.2, 0) is 9.53 Å². The summed E-state index contributed by atoms with van der Waals surface area (Å²) in [6.07, 6.45) is 0.985. The molecule has 0 aromatic heterocycles. The van der Waals surface area contributed by atoms with Crippen LogP contribution in [0.25, 0.3) is 0 Å². The van der Waals surface area contributed by atoms with Gasteiger partial charge < -0.3 is 14.8 Å². The summed E-state index contributed by atoms with van der Waals surface area (Å²) in [7, 11) is 1.65. The fraction of sp³-hybridized carbons (Fsp3) is 0.562. The summed E-state index contributed by atoms with van der Waals surface area (Å²) in [5.41, 5.74) is 0. The van der Waals surface area contributed by atoms with E-state index in [0.29, 0.717) is 5.75 Å². The van der Waals surface area contributed by atoms with Crippen LogP contribution < -0.4 is 10.1 Å². The number of rotatable bonds is 8. The normalized spacial score (nSPS) is 15.5. The van der Waals surface area contributed by atoms with Gasteiger partial charge in [-0.2, -0.15) is 0 Å². The van der Waals surface area contributed by atoms with Crippen LogP contribution in [0.4, 0.5) is 0 Å². The number of morpholine rings is 1. The quantitative estimate of drug-likeness (QED) is 0.582. The fourth-order valence-electron chi connectivity index (χ4n) is 2.23. The molecule has 1 heterocycles. The number of hydrogen-bond donors (Lipinski definition) is 1. The second-order valence-electron chi connectivity index (χ2n) is 5.12. The highest BCUT2D eigenvalue weighted by molar-refractivity contribution is 8.00. The van der Waals surface area contributed by atoms with Gasteiger partial charge in [0.25, 0.3) is 0 Å². The smallest absolute Gasteiger partial charge is 0.230 e. The lowest BCUT2D eigenvalue weighted by atomic mass is 10.3. The molecular formula is C16H24N2O3S. The molecule has 22 heavy (non-hydrogen) atoms. The molecule has 122 valence electrons. The zero-order valence-corrected chi connectivity index (χ0v) is 13.9. The number of methoxy groups -OCH3 is 1.